The van der Waals surface area contributed by atoms with Gasteiger partial charge < -0.3 is 14.6 Å². The summed E-state index contributed by atoms with van der Waals surface area (Å²) in [6.07, 6.45) is 0. The van der Waals surface area contributed by atoms with E-state index in [2.05, 4.69) is 0 Å². The number of phenols is 1. The van der Waals surface area contributed by atoms with Crippen LogP contribution in [0.25, 0.3) is 0 Å². The highest BCUT2D eigenvalue weighted by molar-refractivity contribution is 5.76. The first-order chi connectivity index (χ1) is 5.75. The molecule has 1 heterocycles. The van der Waals surface area contributed by atoms with Gasteiger partial charge in [-0.05, 0) is 12.1 Å². The van der Waals surface area contributed by atoms with Crippen LogP contribution >= 0.6 is 0 Å². The molecule has 0 unspecified atom stereocenters. The fourth-order valence-electron chi connectivity index (χ4n) is 0.983. The summed E-state index contributed by atoms with van der Waals surface area (Å²) in [6, 6.07) is 4.32. The van der Waals surface area contributed by atoms with Crippen molar-refractivity contribution in [1.29, 1.82) is 0 Å². The van der Waals surface area contributed by atoms with Crippen molar-refractivity contribution in [3.63, 3.8) is 0 Å². The van der Waals surface area contributed by atoms with Crippen LogP contribution in [0.2, 0.25) is 0 Å². The highest BCUT2D eigenvalue weighted by Crippen LogP contribution is 2.33. The van der Waals surface area contributed by atoms with Crippen LogP contribution < -0.4 is 9.47 Å². The summed E-state index contributed by atoms with van der Waals surface area (Å²) in [5.74, 6) is 0.415. The molecular weight excluding hydrogens is 160 g/mol. The van der Waals surface area contributed by atoms with Crippen molar-refractivity contribution in [3.8, 4) is 17.2 Å². The third kappa shape index (κ3) is 1.07. The van der Waals surface area contributed by atoms with Crippen molar-refractivity contribution >= 4 is 5.97 Å². The van der Waals surface area contributed by atoms with E-state index in [1.54, 1.807) is 0 Å². The molecule has 4 heteroatoms. The molecule has 0 radical (unpaired) electrons. The Kier molecular flexibility index (Phi) is 1.40. The summed E-state index contributed by atoms with van der Waals surface area (Å²) < 4.78 is 9.79. The molecule has 0 saturated carbocycles. The molecule has 0 atom stereocenters. The van der Waals surface area contributed by atoms with Gasteiger partial charge in [0.05, 0.1) is 0 Å². The lowest BCUT2D eigenvalue weighted by Crippen LogP contribution is -2.22. The van der Waals surface area contributed by atoms with Crippen LogP contribution in [0.4, 0.5) is 0 Å². The van der Waals surface area contributed by atoms with Gasteiger partial charge in [-0.1, -0.05) is 0 Å². The number of aromatic hydroxyl groups is 1. The van der Waals surface area contributed by atoms with Gasteiger partial charge in [0, 0.05) is 6.07 Å². The number of hydrogen-bond acceptors (Lipinski definition) is 4. The molecule has 0 amide bonds. The zero-order valence-electron chi connectivity index (χ0n) is 6.11. The molecule has 1 aliphatic rings. The third-order valence-corrected chi connectivity index (χ3v) is 1.50. The van der Waals surface area contributed by atoms with Crippen LogP contribution in [0.3, 0.4) is 0 Å². The van der Waals surface area contributed by atoms with E-state index in [9.17, 15) is 4.79 Å². The maximum atomic E-state index is 10.7. The maximum Gasteiger partial charge on any atom is 0.349 e. The Morgan fingerprint density at radius 1 is 1.33 bits per heavy atom. The Bertz CT molecular complexity index is 332. The second-order valence-corrected chi connectivity index (χ2v) is 2.39. The monoisotopic (exact) mass is 166 g/mol. The predicted octanol–water partition coefficient (Wildman–Crippen LogP) is 0.690. The number of rotatable bonds is 0. The summed E-state index contributed by atoms with van der Waals surface area (Å²) in [5.41, 5.74) is 0. The van der Waals surface area contributed by atoms with Gasteiger partial charge in [-0.15, -0.1) is 0 Å². The molecule has 1 aromatic carbocycles. The largest absolute Gasteiger partial charge is 0.508 e. The number of phenolic OH excluding ortho intramolecular Hbond substituents is 1. The van der Waals surface area contributed by atoms with Crippen molar-refractivity contribution in [3.05, 3.63) is 18.2 Å². The van der Waals surface area contributed by atoms with Crippen LogP contribution in [0, 0.1) is 0 Å². The van der Waals surface area contributed by atoms with Crippen molar-refractivity contribution in [2.24, 2.45) is 0 Å². The molecule has 0 fully saturated rings. The fraction of sp³-hybridized carbons (Fsp3) is 0.125. The smallest absolute Gasteiger partial charge is 0.349 e. The molecule has 1 N–H and O–H groups in total. The van der Waals surface area contributed by atoms with Gasteiger partial charge in [0.1, 0.15) is 5.75 Å². The summed E-state index contributed by atoms with van der Waals surface area (Å²) in [5, 5.41) is 9.03. The minimum atomic E-state index is -0.423. The molecule has 0 spiro atoms. The molecule has 0 saturated heterocycles. The Balaban J connectivity index is 2.43. The molecule has 1 aliphatic heterocycles. The molecule has 2 rings (SSSR count). The van der Waals surface area contributed by atoms with Gasteiger partial charge in [0.2, 0.25) is 0 Å². The van der Waals surface area contributed by atoms with E-state index in [-0.39, 0.29) is 12.4 Å². The molecule has 4 nitrogen and oxygen atoms in total. The summed E-state index contributed by atoms with van der Waals surface area (Å²) in [7, 11) is 0. The van der Waals surface area contributed by atoms with E-state index < -0.39 is 5.97 Å². The normalized spacial score (nSPS) is 14.5. The average Bonchev–Trinajstić information content (AvgIpc) is 2.05. The number of carbonyl (C=O) groups excluding carboxylic acids is 1. The summed E-state index contributed by atoms with van der Waals surface area (Å²) in [6.45, 7) is -0.101. The van der Waals surface area contributed by atoms with E-state index in [0.29, 0.717) is 11.5 Å². The van der Waals surface area contributed by atoms with Crippen molar-refractivity contribution in [1.82, 2.24) is 0 Å². The number of esters is 1. The van der Waals surface area contributed by atoms with E-state index in [1.165, 1.54) is 18.2 Å². The molecule has 0 aliphatic carbocycles. The third-order valence-electron chi connectivity index (χ3n) is 1.50. The molecule has 12 heavy (non-hydrogen) atoms. The SMILES string of the molecule is O=C1COc2cc(O)ccc2O1. The standard InChI is InChI=1S/C8H6O4/c9-5-1-2-6-7(3-5)11-4-8(10)12-6/h1-3,9H,4H2. The van der Waals surface area contributed by atoms with Gasteiger partial charge in [-0.3, -0.25) is 0 Å². The first kappa shape index (κ1) is 6.97. The van der Waals surface area contributed by atoms with Crippen LogP contribution in [0.15, 0.2) is 18.2 Å². The lowest BCUT2D eigenvalue weighted by molar-refractivity contribution is -0.138. The van der Waals surface area contributed by atoms with Gasteiger partial charge in [-0.2, -0.15) is 0 Å². The zero-order valence-corrected chi connectivity index (χ0v) is 6.11. The second kappa shape index (κ2) is 2.41. The van der Waals surface area contributed by atoms with E-state index in [0.717, 1.165) is 0 Å². The van der Waals surface area contributed by atoms with E-state index in [1.807, 2.05) is 0 Å². The number of ether oxygens (including phenoxy) is 2. The van der Waals surface area contributed by atoms with E-state index >= 15 is 0 Å². The lowest BCUT2D eigenvalue weighted by atomic mass is 10.3. The molecule has 1 aromatic rings. The first-order valence-corrected chi connectivity index (χ1v) is 3.42. The number of benzene rings is 1. The van der Waals surface area contributed by atoms with Crippen molar-refractivity contribution in [2.45, 2.75) is 0 Å². The minimum absolute atomic E-state index is 0.0895. The van der Waals surface area contributed by atoms with Crippen LogP contribution in [0.5, 0.6) is 17.2 Å². The van der Waals surface area contributed by atoms with Gasteiger partial charge >= 0.3 is 5.97 Å². The summed E-state index contributed by atoms with van der Waals surface area (Å²) in [4.78, 5) is 10.7. The summed E-state index contributed by atoms with van der Waals surface area (Å²) >= 11 is 0. The molecular formula is C8H6O4. The van der Waals surface area contributed by atoms with Gasteiger partial charge in [0.15, 0.2) is 18.1 Å². The highest BCUT2D eigenvalue weighted by Gasteiger charge is 2.17. The highest BCUT2D eigenvalue weighted by atomic mass is 16.6. The quantitative estimate of drug-likeness (QED) is 0.455. The predicted molar refractivity (Wildman–Crippen MR) is 39.2 cm³/mol. The Hall–Kier alpha value is -1.71. The lowest BCUT2D eigenvalue weighted by Gasteiger charge is -2.15. The number of carbonyl (C=O) groups is 1. The average molecular weight is 166 g/mol. The van der Waals surface area contributed by atoms with E-state index in [4.69, 9.17) is 14.6 Å². The maximum absolute atomic E-state index is 10.7. The Labute approximate surface area is 68.3 Å². The minimum Gasteiger partial charge on any atom is -0.508 e. The number of hydrogen-bond donors (Lipinski definition) is 1. The Morgan fingerprint density at radius 2 is 2.17 bits per heavy atom. The first-order valence-electron chi connectivity index (χ1n) is 3.42. The molecule has 0 aromatic heterocycles. The van der Waals surface area contributed by atoms with Gasteiger partial charge in [-0.25, -0.2) is 4.79 Å². The molecule has 62 valence electrons. The zero-order chi connectivity index (χ0) is 8.55. The fourth-order valence-corrected chi connectivity index (χ4v) is 0.983. The van der Waals surface area contributed by atoms with Gasteiger partial charge in [0.25, 0.3) is 0 Å². The number of fused-ring (bicyclic) bond motifs is 1. The topological polar surface area (TPSA) is 55.8 Å². The molecule has 0 bridgehead atoms. The second-order valence-electron chi connectivity index (χ2n) is 2.39. The van der Waals surface area contributed by atoms with Crippen LogP contribution in [0.1, 0.15) is 0 Å². The van der Waals surface area contributed by atoms with Crippen molar-refractivity contribution < 1.29 is 19.4 Å². The van der Waals surface area contributed by atoms with Crippen molar-refractivity contribution in [2.75, 3.05) is 6.61 Å². The Morgan fingerprint density at radius 3 is 3.00 bits per heavy atom. The van der Waals surface area contributed by atoms with Crippen LogP contribution in [-0.2, 0) is 4.79 Å². The van der Waals surface area contributed by atoms with Crippen LogP contribution in [-0.4, -0.2) is 17.7 Å².